The molecule has 0 aliphatic heterocycles. The molecule has 1 amide bonds. The van der Waals surface area contributed by atoms with Crippen LogP contribution >= 0.6 is 0 Å². The second kappa shape index (κ2) is 8.94. The Morgan fingerprint density at radius 2 is 1.52 bits per heavy atom. The van der Waals surface area contributed by atoms with Crippen LogP contribution in [0.2, 0.25) is 0 Å². The predicted molar refractivity (Wildman–Crippen MR) is 125 cm³/mol. The number of rotatable bonds is 6. The van der Waals surface area contributed by atoms with Crippen molar-refractivity contribution in [1.82, 2.24) is 5.32 Å². The summed E-state index contributed by atoms with van der Waals surface area (Å²) in [5.41, 5.74) is 5.66. The molecule has 0 saturated carbocycles. The number of aryl methyl sites for hydroxylation is 3. The number of amides is 1. The largest absolute Gasteiger partial charge is 0.345 e. The summed E-state index contributed by atoms with van der Waals surface area (Å²) < 4.78 is 28.1. The van der Waals surface area contributed by atoms with Gasteiger partial charge >= 0.3 is 0 Å². The number of sulfonamides is 1. The third-order valence-corrected chi connectivity index (χ3v) is 6.78. The minimum Gasteiger partial charge on any atom is -0.345 e. The molecule has 6 heteroatoms. The molecule has 3 aromatic carbocycles. The summed E-state index contributed by atoms with van der Waals surface area (Å²) in [5, 5.41) is 3.03. The summed E-state index contributed by atoms with van der Waals surface area (Å²) >= 11 is 0. The molecule has 0 aliphatic rings. The standard InChI is InChI=1S/C25H28N2O3S/c1-16-10-13-21(14-11-16)31(29,30)27-24-8-6-7-22(19(24)4)25(28)26-20(5)23-15-17(2)9-12-18(23)3/h6-15,20,27H,1-5H3,(H,26,28). The first-order chi connectivity index (χ1) is 14.6. The van der Waals surface area contributed by atoms with Crippen LogP contribution in [0.25, 0.3) is 0 Å². The van der Waals surface area contributed by atoms with E-state index < -0.39 is 10.0 Å². The van der Waals surface area contributed by atoms with Gasteiger partial charge in [0.15, 0.2) is 0 Å². The van der Waals surface area contributed by atoms with Crippen LogP contribution in [0.3, 0.4) is 0 Å². The third-order valence-electron chi connectivity index (χ3n) is 5.40. The molecule has 162 valence electrons. The lowest BCUT2D eigenvalue weighted by Gasteiger charge is -2.19. The van der Waals surface area contributed by atoms with Crippen molar-refractivity contribution in [3.05, 3.63) is 94.0 Å². The summed E-state index contributed by atoms with van der Waals surface area (Å²) in [6.45, 7) is 9.62. The molecule has 0 aromatic heterocycles. The zero-order valence-corrected chi connectivity index (χ0v) is 19.3. The van der Waals surface area contributed by atoms with Gasteiger partial charge in [0, 0.05) is 5.56 Å². The van der Waals surface area contributed by atoms with Crippen molar-refractivity contribution in [1.29, 1.82) is 0 Å². The Morgan fingerprint density at radius 3 is 2.19 bits per heavy atom. The molecule has 0 bridgehead atoms. The van der Waals surface area contributed by atoms with E-state index >= 15 is 0 Å². The van der Waals surface area contributed by atoms with Crippen LogP contribution < -0.4 is 10.0 Å². The van der Waals surface area contributed by atoms with Crippen molar-refractivity contribution in [3.63, 3.8) is 0 Å². The lowest BCUT2D eigenvalue weighted by atomic mass is 9.99. The van der Waals surface area contributed by atoms with Crippen LogP contribution in [0.1, 0.15) is 51.1 Å². The van der Waals surface area contributed by atoms with Crippen LogP contribution in [0, 0.1) is 27.7 Å². The van der Waals surface area contributed by atoms with E-state index in [1.165, 1.54) is 0 Å². The van der Waals surface area contributed by atoms with E-state index in [-0.39, 0.29) is 16.8 Å². The highest BCUT2D eigenvalue weighted by Gasteiger charge is 2.19. The monoisotopic (exact) mass is 436 g/mol. The topological polar surface area (TPSA) is 75.3 Å². The van der Waals surface area contributed by atoms with Gasteiger partial charge in [-0.05, 0) is 75.6 Å². The second-order valence-electron chi connectivity index (χ2n) is 7.95. The molecule has 3 rings (SSSR count). The number of benzene rings is 3. The molecule has 0 saturated heterocycles. The first-order valence-electron chi connectivity index (χ1n) is 10.2. The Labute approximate surface area is 184 Å². The van der Waals surface area contributed by atoms with Crippen molar-refractivity contribution in [3.8, 4) is 0 Å². The van der Waals surface area contributed by atoms with Gasteiger partial charge in [0.05, 0.1) is 16.6 Å². The van der Waals surface area contributed by atoms with Crippen molar-refractivity contribution in [2.45, 2.75) is 45.6 Å². The first-order valence-corrected chi connectivity index (χ1v) is 11.6. The lowest BCUT2D eigenvalue weighted by molar-refractivity contribution is 0.0939. The SMILES string of the molecule is Cc1ccc(S(=O)(=O)Nc2cccc(C(=O)NC(C)c3cc(C)ccc3C)c2C)cc1. The maximum Gasteiger partial charge on any atom is 0.261 e. The molecule has 0 radical (unpaired) electrons. The van der Waals surface area contributed by atoms with Crippen molar-refractivity contribution in [2.75, 3.05) is 4.72 Å². The van der Waals surface area contributed by atoms with Crippen LogP contribution in [0.5, 0.6) is 0 Å². The number of hydrogen-bond acceptors (Lipinski definition) is 3. The molecular weight excluding hydrogens is 408 g/mol. The molecule has 0 fully saturated rings. The number of carbonyl (C=O) groups is 1. The van der Waals surface area contributed by atoms with Gasteiger partial charge in [-0.15, -0.1) is 0 Å². The highest BCUT2D eigenvalue weighted by molar-refractivity contribution is 7.92. The van der Waals surface area contributed by atoms with Gasteiger partial charge in [-0.3, -0.25) is 9.52 Å². The van der Waals surface area contributed by atoms with Crippen LogP contribution in [-0.4, -0.2) is 14.3 Å². The van der Waals surface area contributed by atoms with E-state index in [0.717, 1.165) is 22.3 Å². The fourth-order valence-corrected chi connectivity index (χ4v) is 4.61. The first kappa shape index (κ1) is 22.6. The smallest absolute Gasteiger partial charge is 0.261 e. The number of hydrogen-bond donors (Lipinski definition) is 2. The summed E-state index contributed by atoms with van der Waals surface area (Å²) in [7, 11) is -3.75. The van der Waals surface area contributed by atoms with Crippen LogP contribution in [-0.2, 0) is 10.0 Å². The van der Waals surface area contributed by atoms with E-state index in [4.69, 9.17) is 0 Å². The van der Waals surface area contributed by atoms with Gasteiger partial charge in [-0.25, -0.2) is 8.42 Å². The molecule has 5 nitrogen and oxygen atoms in total. The maximum atomic E-state index is 13.0. The van der Waals surface area contributed by atoms with E-state index in [2.05, 4.69) is 16.1 Å². The van der Waals surface area contributed by atoms with Gasteiger partial charge < -0.3 is 5.32 Å². The number of nitrogens with one attached hydrogen (secondary N) is 2. The number of carbonyl (C=O) groups excluding carboxylic acids is 1. The predicted octanol–water partition coefficient (Wildman–Crippen LogP) is 5.21. The molecule has 1 unspecified atom stereocenters. The van der Waals surface area contributed by atoms with E-state index in [1.54, 1.807) is 49.4 Å². The van der Waals surface area contributed by atoms with E-state index in [1.807, 2.05) is 39.8 Å². The number of anilines is 1. The molecular formula is C25H28N2O3S. The van der Waals surface area contributed by atoms with Gasteiger partial charge in [0.1, 0.15) is 0 Å². The average molecular weight is 437 g/mol. The van der Waals surface area contributed by atoms with Gasteiger partial charge in [-0.2, -0.15) is 0 Å². The van der Waals surface area contributed by atoms with E-state index in [9.17, 15) is 13.2 Å². The van der Waals surface area contributed by atoms with Crippen LogP contribution in [0.15, 0.2) is 65.6 Å². The Balaban J connectivity index is 1.83. The summed E-state index contributed by atoms with van der Waals surface area (Å²) in [6.07, 6.45) is 0. The molecule has 3 aromatic rings. The zero-order valence-electron chi connectivity index (χ0n) is 18.5. The molecule has 0 heterocycles. The lowest BCUT2D eigenvalue weighted by Crippen LogP contribution is -2.28. The Kier molecular flexibility index (Phi) is 6.51. The van der Waals surface area contributed by atoms with Crippen molar-refractivity contribution >= 4 is 21.6 Å². The van der Waals surface area contributed by atoms with Gasteiger partial charge in [-0.1, -0.05) is 47.5 Å². The maximum absolute atomic E-state index is 13.0. The second-order valence-corrected chi connectivity index (χ2v) is 9.63. The van der Waals surface area contributed by atoms with Gasteiger partial charge in [0.25, 0.3) is 15.9 Å². The highest BCUT2D eigenvalue weighted by atomic mass is 32.2. The molecule has 0 aliphatic carbocycles. The van der Waals surface area contributed by atoms with E-state index in [0.29, 0.717) is 16.8 Å². The summed E-state index contributed by atoms with van der Waals surface area (Å²) in [4.78, 5) is 13.2. The molecule has 31 heavy (non-hydrogen) atoms. The molecule has 1 atom stereocenters. The highest BCUT2D eigenvalue weighted by Crippen LogP contribution is 2.24. The Bertz CT molecular complexity index is 1220. The Hall–Kier alpha value is -3.12. The average Bonchev–Trinajstić information content (AvgIpc) is 2.71. The fraction of sp³-hybridized carbons (Fsp3) is 0.240. The summed E-state index contributed by atoms with van der Waals surface area (Å²) in [6, 6.07) is 17.6. The molecule has 0 spiro atoms. The minimum absolute atomic E-state index is 0.177. The van der Waals surface area contributed by atoms with Crippen LogP contribution in [0.4, 0.5) is 5.69 Å². The third kappa shape index (κ3) is 5.14. The normalized spacial score (nSPS) is 12.3. The fourth-order valence-electron chi connectivity index (χ4n) is 3.49. The quantitative estimate of drug-likeness (QED) is 0.557. The van der Waals surface area contributed by atoms with Crippen molar-refractivity contribution in [2.24, 2.45) is 0 Å². The van der Waals surface area contributed by atoms with Gasteiger partial charge in [0.2, 0.25) is 0 Å². The Morgan fingerprint density at radius 1 is 0.871 bits per heavy atom. The van der Waals surface area contributed by atoms with Crippen molar-refractivity contribution < 1.29 is 13.2 Å². The summed E-state index contributed by atoms with van der Waals surface area (Å²) in [5.74, 6) is -0.248. The minimum atomic E-state index is -3.75. The zero-order chi connectivity index (χ0) is 22.8. The molecule has 2 N–H and O–H groups in total.